The van der Waals surface area contributed by atoms with Gasteiger partial charge in [0.05, 0.1) is 0 Å². The SMILES string of the molecule is Cc1ccccc1C(=O)NC(C)CCO. The molecule has 0 fully saturated rings. The highest BCUT2D eigenvalue weighted by Crippen LogP contribution is 2.07. The molecule has 82 valence electrons. The fourth-order valence-corrected chi connectivity index (χ4v) is 1.40. The first-order valence-corrected chi connectivity index (χ1v) is 5.12. The topological polar surface area (TPSA) is 49.3 Å². The number of aliphatic hydroxyl groups is 1. The average molecular weight is 207 g/mol. The summed E-state index contributed by atoms with van der Waals surface area (Å²) < 4.78 is 0. The van der Waals surface area contributed by atoms with Gasteiger partial charge in [-0.05, 0) is 31.9 Å². The fraction of sp³-hybridized carbons (Fsp3) is 0.417. The zero-order valence-corrected chi connectivity index (χ0v) is 9.16. The number of amides is 1. The number of rotatable bonds is 4. The van der Waals surface area contributed by atoms with Gasteiger partial charge in [0.2, 0.25) is 0 Å². The Hall–Kier alpha value is -1.35. The summed E-state index contributed by atoms with van der Waals surface area (Å²) in [6.45, 7) is 3.88. The Morgan fingerprint density at radius 1 is 1.47 bits per heavy atom. The predicted molar refractivity (Wildman–Crippen MR) is 59.8 cm³/mol. The Balaban J connectivity index is 2.65. The van der Waals surface area contributed by atoms with E-state index in [9.17, 15) is 4.79 Å². The van der Waals surface area contributed by atoms with Gasteiger partial charge in [-0.1, -0.05) is 18.2 Å². The molecule has 1 aromatic carbocycles. The van der Waals surface area contributed by atoms with Gasteiger partial charge in [-0.25, -0.2) is 0 Å². The summed E-state index contributed by atoms with van der Waals surface area (Å²) in [7, 11) is 0. The molecule has 3 heteroatoms. The summed E-state index contributed by atoms with van der Waals surface area (Å²) in [6.07, 6.45) is 0.581. The van der Waals surface area contributed by atoms with E-state index in [0.717, 1.165) is 5.56 Å². The molecule has 1 rings (SSSR count). The van der Waals surface area contributed by atoms with E-state index in [1.165, 1.54) is 0 Å². The van der Waals surface area contributed by atoms with Crippen molar-refractivity contribution in [3.05, 3.63) is 35.4 Å². The minimum absolute atomic E-state index is 0.00195. The first-order valence-electron chi connectivity index (χ1n) is 5.12. The Morgan fingerprint density at radius 2 is 2.13 bits per heavy atom. The van der Waals surface area contributed by atoms with Crippen LogP contribution in [0.2, 0.25) is 0 Å². The van der Waals surface area contributed by atoms with E-state index in [1.54, 1.807) is 6.07 Å². The minimum atomic E-state index is -0.0750. The van der Waals surface area contributed by atoms with Crippen molar-refractivity contribution in [2.45, 2.75) is 26.3 Å². The van der Waals surface area contributed by atoms with E-state index in [4.69, 9.17) is 5.11 Å². The van der Waals surface area contributed by atoms with E-state index in [0.29, 0.717) is 12.0 Å². The van der Waals surface area contributed by atoms with Crippen molar-refractivity contribution in [1.29, 1.82) is 0 Å². The van der Waals surface area contributed by atoms with Crippen LogP contribution in [-0.2, 0) is 0 Å². The molecule has 0 radical (unpaired) electrons. The van der Waals surface area contributed by atoms with Gasteiger partial charge in [-0.15, -0.1) is 0 Å². The zero-order chi connectivity index (χ0) is 11.3. The standard InChI is InChI=1S/C12H17NO2/c1-9-5-3-4-6-11(9)12(15)13-10(2)7-8-14/h3-6,10,14H,7-8H2,1-2H3,(H,13,15). The lowest BCUT2D eigenvalue weighted by molar-refractivity contribution is 0.0934. The number of aryl methyl sites for hydroxylation is 1. The fourth-order valence-electron chi connectivity index (χ4n) is 1.40. The third-order valence-electron chi connectivity index (χ3n) is 2.33. The molecule has 0 aliphatic rings. The van der Waals surface area contributed by atoms with Crippen molar-refractivity contribution >= 4 is 5.91 Å². The van der Waals surface area contributed by atoms with Gasteiger partial charge in [-0.3, -0.25) is 4.79 Å². The number of hydrogen-bond acceptors (Lipinski definition) is 2. The van der Waals surface area contributed by atoms with Gasteiger partial charge in [0.25, 0.3) is 5.91 Å². The molecule has 1 atom stereocenters. The minimum Gasteiger partial charge on any atom is -0.396 e. The number of aliphatic hydroxyl groups excluding tert-OH is 1. The van der Waals surface area contributed by atoms with Gasteiger partial charge >= 0.3 is 0 Å². The highest BCUT2D eigenvalue weighted by Gasteiger charge is 2.10. The average Bonchev–Trinajstić information content (AvgIpc) is 2.18. The van der Waals surface area contributed by atoms with Crippen molar-refractivity contribution in [1.82, 2.24) is 5.32 Å². The second-order valence-corrected chi connectivity index (χ2v) is 3.70. The summed E-state index contributed by atoms with van der Waals surface area (Å²) in [5, 5.41) is 11.6. The summed E-state index contributed by atoms with van der Waals surface area (Å²) in [5.74, 6) is -0.0750. The number of carbonyl (C=O) groups is 1. The van der Waals surface area contributed by atoms with Crippen LogP contribution in [0.4, 0.5) is 0 Å². The van der Waals surface area contributed by atoms with Crippen LogP contribution in [0.25, 0.3) is 0 Å². The molecule has 0 saturated carbocycles. The third-order valence-corrected chi connectivity index (χ3v) is 2.33. The third kappa shape index (κ3) is 3.36. The molecule has 2 N–H and O–H groups in total. The largest absolute Gasteiger partial charge is 0.396 e. The van der Waals surface area contributed by atoms with E-state index >= 15 is 0 Å². The molecule has 0 aromatic heterocycles. The predicted octanol–water partition coefficient (Wildman–Crippen LogP) is 1.50. The second-order valence-electron chi connectivity index (χ2n) is 3.70. The number of benzene rings is 1. The Labute approximate surface area is 90.1 Å². The molecule has 15 heavy (non-hydrogen) atoms. The highest BCUT2D eigenvalue weighted by atomic mass is 16.3. The van der Waals surface area contributed by atoms with E-state index in [-0.39, 0.29) is 18.6 Å². The molecule has 1 unspecified atom stereocenters. The maximum atomic E-state index is 11.8. The van der Waals surface area contributed by atoms with E-state index in [1.807, 2.05) is 32.0 Å². The molecular weight excluding hydrogens is 190 g/mol. The first-order chi connectivity index (χ1) is 7.15. The van der Waals surface area contributed by atoms with E-state index in [2.05, 4.69) is 5.32 Å². The monoisotopic (exact) mass is 207 g/mol. The first kappa shape index (κ1) is 11.7. The Kier molecular flexibility index (Phi) is 4.31. The molecule has 3 nitrogen and oxygen atoms in total. The zero-order valence-electron chi connectivity index (χ0n) is 9.16. The van der Waals surface area contributed by atoms with Gasteiger partial charge in [-0.2, -0.15) is 0 Å². The quantitative estimate of drug-likeness (QED) is 0.786. The number of nitrogens with one attached hydrogen (secondary N) is 1. The molecule has 0 aliphatic carbocycles. The van der Waals surface area contributed by atoms with Gasteiger partial charge in [0, 0.05) is 18.2 Å². The Bertz CT molecular complexity index is 336. The molecular formula is C12H17NO2. The molecule has 0 bridgehead atoms. The maximum Gasteiger partial charge on any atom is 0.251 e. The van der Waals surface area contributed by atoms with Crippen LogP contribution in [-0.4, -0.2) is 23.7 Å². The van der Waals surface area contributed by atoms with Crippen LogP contribution in [0.15, 0.2) is 24.3 Å². The summed E-state index contributed by atoms with van der Waals surface area (Å²) in [5.41, 5.74) is 1.66. The van der Waals surface area contributed by atoms with Crippen LogP contribution >= 0.6 is 0 Å². The van der Waals surface area contributed by atoms with Crippen LogP contribution in [0.5, 0.6) is 0 Å². The normalized spacial score (nSPS) is 12.2. The van der Waals surface area contributed by atoms with Gasteiger partial charge in [0.1, 0.15) is 0 Å². The Morgan fingerprint density at radius 3 is 2.73 bits per heavy atom. The molecule has 0 heterocycles. The molecule has 0 saturated heterocycles. The molecule has 0 spiro atoms. The van der Waals surface area contributed by atoms with Crippen molar-refractivity contribution in [2.24, 2.45) is 0 Å². The molecule has 1 aromatic rings. The van der Waals surface area contributed by atoms with E-state index < -0.39 is 0 Å². The highest BCUT2D eigenvalue weighted by molar-refractivity contribution is 5.95. The lowest BCUT2D eigenvalue weighted by Crippen LogP contribution is -2.33. The molecule has 0 aliphatic heterocycles. The van der Waals surface area contributed by atoms with Gasteiger partial charge in [0.15, 0.2) is 0 Å². The number of carbonyl (C=O) groups excluding carboxylic acids is 1. The molecule has 1 amide bonds. The lowest BCUT2D eigenvalue weighted by atomic mass is 10.1. The smallest absolute Gasteiger partial charge is 0.251 e. The van der Waals surface area contributed by atoms with Crippen molar-refractivity contribution in [3.8, 4) is 0 Å². The van der Waals surface area contributed by atoms with Crippen LogP contribution in [0.1, 0.15) is 29.3 Å². The number of hydrogen-bond donors (Lipinski definition) is 2. The second kappa shape index (κ2) is 5.51. The van der Waals surface area contributed by atoms with Crippen molar-refractivity contribution < 1.29 is 9.90 Å². The summed E-state index contributed by atoms with van der Waals surface area (Å²) >= 11 is 0. The van der Waals surface area contributed by atoms with Crippen LogP contribution in [0.3, 0.4) is 0 Å². The van der Waals surface area contributed by atoms with Crippen molar-refractivity contribution in [2.75, 3.05) is 6.61 Å². The van der Waals surface area contributed by atoms with Crippen LogP contribution in [0, 0.1) is 6.92 Å². The summed E-state index contributed by atoms with van der Waals surface area (Å²) in [4.78, 5) is 11.8. The van der Waals surface area contributed by atoms with Crippen LogP contribution < -0.4 is 5.32 Å². The lowest BCUT2D eigenvalue weighted by Gasteiger charge is -2.13. The maximum absolute atomic E-state index is 11.8. The van der Waals surface area contributed by atoms with Crippen molar-refractivity contribution in [3.63, 3.8) is 0 Å². The van der Waals surface area contributed by atoms with Gasteiger partial charge < -0.3 is 10.4 Å². The summed E-state index contributed by atoms with van der Waals surface area (Å²) in [6, 6.07) is 7.46.